The molecule has 0 amide bonds. The number of benzene rings is 2. The Kier molecular flexibility index (Phi) is 2.82. The zero-order valence-electron chi connectivity index (χ0n) is 11.6. The van der Waals surface area contributed by atoms with Crippen LogP contribution < -0.4 is 15.4 Å². The molecule has 2 aromatic rings. The number of nitrogens with zero attached hydrogens (tertiary/aromatic N) is 1. The van der Waals surface area contributed by atoms with Crippen molar-refractivity contribution in [2.45, 2.75) is 19.4 Å². The number of nitrogen functional groups attached to an aromatic ring is 1. The van der Waals surface area contributed by atoms with Gasteiger partial charge in [0, 0.05) is 17.4 Å². The molecule has 3 nitrogen and oxygen atoms in total. The summed E-state index contributed by atoms with van der Waals surface area (Å²) in [6.07, 6.45) is 0. The Morgan fingerprint density at radius 3 is 2.55 bits per heavy atom. The van der Waals surface area contributed by atoms with Crippen LogP contribution in [0.4, 0.5) is 21.5 Å². The summed E-state index contributed by atoms with van der Waals surface area (Å²) in [6.45, 7) is 4.74. The molecule has 1 aliphatic rings. The Bertz CT molecular complexity index is 637. The van der Waals surface area contributed by atoms with E-state index in [0.29, 0.717) is 12.2 Å². The number of fused-ring (bicyclic) bond motifs is 1. The topological polar surface area (TPSA) is 38.5 Å². The van der Waals surface area contributed by atoms with E-state index < -0.39 is 0 Å². The van der Waals surface area contributed by atoms with Crippen LogP contribution in [-0.4, -0.2) is 12.1 Å². The van der Waals surface area contributed by atoms with Crippen molar-refractivity contribution in [1.82, 2.24) is 0 Å². The fourth-order valence-electron chi connectivity index (χ4n) is 2.48. The van der Waals surface area contributed by atoms with Gasteiger partial charge in [0.1, 0.15) is 17.2 Å². The molecule has 0 radical (unpaired) electrons. The molecule has 0 spiro atoms. The summed E-state index contributed by atoms with van der Waals surface area (Å²) in [6, 6.07) is 12.1. The minimum atomic E-state index is -0.338. The highest BCUT2D eigenvalue weighted by molar-refractivity contribution is 5.73. The zero-order chi connectivity index (χ0) is 14.3. The van der Waals surface area contributed by atoms with Gasteiger partial charge in [-0.2, -0.15) is 0 Å². The maximum absolute atomic E-state index is 13.1. The van der Waals surface area contributed by atoms with Crippen LogP contribution in [-0.2, 0) is 0 Å². The Hall–Kier alpha value is -2.23. The normalized spacial score (nSPS) is 16.4. The molecule has 0 bridgehead atoms. The lowest BCUT2D eigenvalue weighted by atomic mass is 10.0. The molecule has 2 aromatic carbocycles. The van der Waals surface area contributed by atoms with Gasteiger partial charge in [-0.25, -0.2) is 4.39 Å². The Morgan fingerprint density at radius 2 is 1.85 bits per heavy atom. The number of rotatable bonds is 1. The highest BCUT2D eigenvalue weighted by atomic mass is 19.1. The lowest BCUT2D eigenvalue weighted by Gasteiger charge is -2.41. The molecule has 0 unspecified atom stereocenters. The molecule has 0 aromatic heterocycles. The van der Waals surface area contributed by atoms with Crippen molar-refractivity contribution in [3.63, 3.8) is 0 Å². The predicted molar refractivity (Wildman–Crippen MR) is 79.0 cm³/mol. The molecule has 3 rings (SSSR count). The van der Waals surface area contributed by atoms with Gasteiger partial charge in [-0.15, -0.1) is 0 Å². The van der Waals surface area contributed by atoms with Gasteiger partial charge in [-0.3, -0.25) is 0 Å². The molecule has 2 N–H and O–H groups in total. The van der Waals surface area contributed by atoms with Crippen LogP contribution in [0.25, 0.3) is 0 Å². The molecule has 20 heavy (non-hydrogen) atoms. The summed E-state index contributed by atoms with van der Waals surface area (Å²) in [4.78, 5) is 2.12. The van der Waals surface area contributed by atoms with Crippen LogP contribution in [0.5, 0.6) is 5.75 Å². The van der Waals surface area contributed by atoms with Crippen molar-refractivity contribution in [3.05, 3.63) is 48.3 Å². The quantitative estimate of drug-likeness (QED) is 0.804. The van der Waals surface area contributed by atoms with Crippen molar-refractivity contribution in [2.75, 3.05) is 17.2 Å². The lowest BCUT2D eigenvalue weighted by molar-refractivity contribution is 0.109. The van der Waals surface area contributed by atoms with Crippen molar-refractivity contribution in [1.29, 1.82) is 0 Å². The third-order valence-corrected chi connectivity index (χ3v) is 3.34. The second kappa shape index (κ2) is 4.40. The number of halogens is 1. The summed E-state index contributed by atoms with van der Waals surface area (Å²) in [5, 5.41) is 0. The van der Waals surface area contributed by atoms with E-state index in [4.69, 9.17) is 10.5 Å². The molecular weight excluding hydrogens is 255 g/mol. The van der Waals surface area contributed by atoms with Gasteiger partial charge < -0.3 is 15.4 Å². The van der Waals surface area contributed by atoms with Gasteiger partial charge in [-0.1, -0.05) is 0 Å². The molecule has 1 aliphatic heterocycles. The summed E-state index contributed by atoms with van der Waals surface area (Å²) >= 11 is 0. The van der Waals surface area contributed by atoms with E-state index in [1.807, 2.05) is 32.0 Å². The number of hydrogen-bond acceptors (Lipinski definition) is 3. The van der Waals surface area contributed by atoms with E-state index in [1.165, 1.54) is 12.1 Å². The van der Waals surface area contributed by atoms with Crippen LogP contribution >= 0.6 is 0 Å². The molecule has 0 saturated heterocycles. The maximum Gasteiger partial charge on any atom is 0.145 e. The minimum absolute atomic E-state index is 0.237. The number of hydrogen-bond donors (Lipinski definition) is 1. The standard InChI is InChI=1S/C16H17FN2O/c1-16(2)10-19(13-6-3-11(17)4-7-13)14-8-5-12(18)9-15(14)20-16/h3-9H,10,18H2,1-2H3. The molecule has 4 heteroatoms. The van der Waals surface area contributed by atoms with E-state index in [9.17, 15) is 4.39 Å². The van der Waals surface area contributed by atoms with Crippen LogP contribution in [0.2, 0.25) is 0 Å². The van der Waals surface area contributed by atoms with E-state index in [-0.39, 0.29) is 11.4 Å². The molecule has 104 valence electrons. The molecule has 0 fully saturated rings. The average molecular weight is 272 g/mol. The number of anilines is 3. The molecule has 0 atom stereocenters. The lowest BCUT2D eigenvalue weighted by Crippen LogP contribution is -2.44. The van der Waals surface area contributed by atoms with Crippen LogP contribution in [0, 0.1) is 5.82 Å². The van der Waals surface area contributed by atoms with E-state index in [1.54, 1.807) is 12.1 Å². The fourth-order valence-corrected chi connectivity index (χ4v) is 2.48. The van der Waals surface area contributed by atoms with E-state index in [2.05, 4.69) is 4.90 Å². The first kappa shape index (κ1) is 12.8. The number of ether oxygens (including phenoxy) is 1. The third-order valence-electron chi connectivity index (χ3n) is 3.34. The first-order chi connectivity index (χ1) is 9.44. The Morgan fingerprint density at radius 1 is 1.15 bits per heavy atom. The summed E-state index contributed by atoms with van der Waals surface area (Å²) in [7, 11) is 0. The largest absolute Gasteiger partial charge is 0.484 e. The number of nitrogens with two attached hydrogens (primary N) is 1. The highest BCUT2D eigenvalue weighted by Crippen LogP contribution is 2.41. The first-order valence-electron chi connectivity index (χ1n) is 6.56. The second-order valence-electron chi connectivity index (χ2n) is 5.65. The Balaban J connectivity index is 2.09. The van der Waals surface area contributed by atoms with Crippen LogP contribution in [0.3, 0.4) is 0 Å². The molecular formula is C16H17FN2O. The van der Waals surface area contributed by atoms with Gasteiger partial charge in [0.25, 0.3) is 0 Å². The fraction of sp³-hybridized carbons (Fsp3) is 0.250. The summed E-state index contributed by atoms with van der Waals surface area (Å²) < 4.78 is 19.1. The van der Waals surface area contributed by atoms with Crippen LogP contribution in [0.15, 0.2) is 42.5 Å². The Labute approximate surface area is 117 Å². The second-order valence-corrected chi connectivity index (χ2v) is 5.65. The van der Waals surface area contributed by atoms with Crippen molar-refractivity contribution < 1.29 is 9.13 Å². The minimum Gasteiger partial charge on any atom is -0.484 e. The summed E-state index contributed by atoms with van der Waals surface area (Å²) in [5.41, 5.74) is 8.04. The molecule has 0 saturated carbocycles. The van der Waals surface area contributed by atoms with Gasteiger partial charge in [0.05, 0.1) is 12.2 Å². The monoisotopic (exact) mass is 272 g/mol. The SMILES string of the molecule is CC1(C)CN(c2ccc(F)cc2)c2ccc(N)cc2O1. The molecule has 0 aliphatic carbocycles. The predicted octanol–water partition coefficient (Wildman–Crippen LogP) is 3.72. The summed E-state index contributed by atoms with van der Waals surface area (Å²) in [5.74, 6) is 0.518. The van der Waals surface area contributed by atoms with Gasteiger partial charge >= 0.3 is 0 Å². The van der Waals surface area contributed by atoms with Crippen molar-refractivity contribution in [3.8, 4) is 5.75 Å². The van der Waals surface area contributed by atoms with Crippen molar-refractivity contribution >= 4 is 17.1 Å². The molecule has 1 heterocycles. The average Bonchev–Trinajstić information content (AvgIpc) is 2.37. The zero-order valence-corrected chi connectivity index (χ0v) is 11.6. The van der Waals surface area contributed by atoms with Gasteiger partial charge in [-0.05, 0) is 50.2 Å². The maximum atomic E-state index is 13.1. The highest BCUT2D eigenvalue weighted by Gasteiger charge is 2.32. The van der Waals surface area contributed by atoms with E-state index in [0.717, 1.165) is 17.1 Å². The van der Waals surface area contributed by atoms with Gasteiger partial charge in [0.15, 0.2) is 0 Å². The van der Waals surface area contributed by atoms with Gasteiger partial charge in [0.2, 0.25) is 0 Å². The first-order valence-corrected chi connectivity index (χ1v) is 6.56. The smallest absolute Gasteiger partial charge is 0.145 e. The van der Waals surface area contributed by atoms with E-state index >= 15 is 0 Å². The van der Waals surface area contributed by atoms with Crippen molar-refractivity contribution in [2.24, 2.45) is 0 Å². The van der Waals surface area contributed by atoms with Crippen LogP contribution in [0.1, 0.15) is 13.8 Å². The third kappa shape index (κ3) is 2.29.